The molecule has 0 aromatic heterocycles. The number of rotatable bonds is 6. The molecule has 5 heteroatoms. The van der Waals surface area contributed by atoms with Crippen LogP contribution in [0.5, 0.6) is 0 Å². The number of hydrogen-bond acceptors (Lipinski definition) is 5. The zero-order chi connectivity index (χ0) is 17.0. The minimum Gasteiger partial charge on any atom is -0.492 e. The number of carbonyl (C=O) groups is 1. The molecule has 23 heavy (non-hydrogen) atoms. The largest absolute Gasteiger partial charge is 0.492 e. The summed E-state index contributed by atoms with van der Waals surface area (Å²) in [6.45, 7) is 7.41. The van der Waals surface area contributed by atoms with Crippen molar-refractivity contribution in [3.8, 4) is 0 Å². The van der Waals surface area contributed by atoms with Gasteiger partial charge in [0.25, 0.3) is 5.76 Å². The number of benzene rings is 1. The highest BCUT2D eigenvalue weighted by atomic mass is 16.6. The van der Waals surface area contributed by atoms with Gasteiger partial charge in [-0.15, -0.1) is 0 Å². The molecule has 1 heterocycles. The Morgan fingerprint density at radius 1 is 0.957 bits per heavy atom. The molecular formula is C18H22O5. The van der Waals surface area contributed by atoms with Crippen molar-refractivity contribution in [2.75, 3.05) is 7.11 Å². The second-order valence-corrected chi connectivity index (χ2v) is 5.61. The first-order valence-corrected chi connectivity index (χ1v) is 7.57. The first kappa shape index (κ1) is 16.9. The van der Waals surface area contributed by atoms with E-state index in [0.717, 1.165) is 5.56 Å². The molecule has 1 aliphatic rings. The highest BCUT2D eigenvalue weighted by Gasteiger charge is 2.38. The summed E-state index contributed by atoms with van der Waals surface area (Å²) in [6, 6.07) is 9.40. The molecular weight excluding hydrogens is 296 g/mol. The quantitative estimate of drug-likeness (QED) is 0.592. The Kier molecular flexibility index (Phi) is 5.32. The number of cyclic esters (lactones) is 1. The van der Waals surface area contributed by atoms with Gasteiger partial charge in [0.1, 0.15) is 0 Å². The maximum absolute atomic E-state index is 12.2. The molecule has 0 saturated carbocycles. The van der Waals surface area contributed by atoms with Gasteiger partial charge in [0.2, 0.25) is 11.5 Å². The Morgan fingerprint density at radius 3 is 2.04 bits per heavy atom. The predicted octanol–water partition coefficient (Wildman–Crippen LogP) is 3.62. The molecule has 0 radical (unpaired) electrons. The van der Waals surface area contributed by atoms with Gasteiger partial charge in [0.05, 0.1) is 19.3 Å². The summed E-state index contributed by atoms with van der Waals surface area (Å²) in [6.07, 6.45) is -0.320. The first-order chi connectivity index (χ1) is 10.9. The maximum Gasteiger partial charge on any atom is 0.383 e. The molecule has 2 rings (SSSR count). The normalized spacial score (nSPS) is 16.7. The summed E-state index contributed by atoms with van der Waals surface area (Å²) >= 11 is 0. The van der Waals surface area contributed by atoms with Gasteiger partial charge in [0, 0.05) is 5.56 Å². The van der Waals surface area contributed by atoms with Crippen LogP contribution >= 0.6 is 0 Å². The van der Waals surface area contributed by atoms with E-state index in [2.05, 4.69) is 0 Å². The standard InChI is InChI=1S/C18H22O5/c1-11(2)21-16-15(23-18(19)17(16)22-12(3)4)14(20-5)13-9-7-6-8-10-13/h6-12H,1-5H3/b15-14-. The summed E-state index contributed by atoms with van der Waals surface area (Å²) in [5.41, 5.74) is 0.786. The minimum absolute atomic E-state index is 0.0779. The van der Waals surface area contributed by atoms with E-state index in [1.807, 2.05) is 58.0 Å². The first-order valence-electron chi connectivity index (χ1n) is 7.57. The van der Waals surface area contributed by atoms with Crippen LogP contribution in [0.15, 0.2) is 47.6 Å². The Morgan fingerprint density at radius 2 is 1.52 bits per heavy atom. The van der Waals surface area contributed by atoms with E-state index in [9.17, 15) is 4.79 Å². The molecule has 1 aromatic carbocycles. The summed E-state index contributed by atoms with van der Waals surface area (Å²) in [5.74, 6) is 0.452. The van der Waals surface area contributed by atoms with E-state index in [1.54, 1.807) is 0 Å². The maximum atomic E-state index is 12.2. The van der Waals surface area contributed by atoms with Crippen LogP contribution in [0.2, 0.25) is 0 Å². The van der Waals surface area contributed by atoms with Gasteiger partial charge in [-0.3, -0.25) is 0 Å². The second-order valence-electron chi connectivity index (χ2n) is 5.61. The van der Waals surface area contributed by atoms with Crippen LogP contribution in [0.4, 0.5) is 0 Å². The van der Waals surface area contributed by atoms with Crippen LogP contribution in [-0.4, -0.2) is 25.3 Å². The van der Waals surface area contributed by atoms with E-state index in [1.165, 1.54) is 7.11 Å². The Bertz CT molecular complexity index is 626. The van der Waals surface area contributed by atoms with Crippen molar-refractivity contribution in [1.82, 2.24) is 0 Å². The summed E-state index contributed by atoms with van der Waals surface area (Å²) in [5, 5.41) is 0. The van der Waals surface area contributed by atoms with Crippen molar-refractivity contribution in [2.45, 2.75) is 39.9 Å². The monoisotopic (exact) mass is 318 g/mol. The molecule has 0 amide bonds. The molecule has 1 aliphatic heterocycles. The van der Waals surface area contributed by atoms with Gasteiger partial charge in [-0.25, -0.2) is 4.79 Å². The number of ether oxygens (including phenoxy) is 4. The number of esters is 1. The van der Waals surface area contributed by atoms with Crippen LogP contribution in [0.3, 0.4) is 0 Å². The Balaban J connectivity index is 2.57. The van der Waals surface area contributed by atoms with Crippen LogP contribution < -0.4 is 0 Å². The smallest absolute Gasteiger partial charge is 0.383 e. The molecule has 0 atom stereocenters. The second kappa shape index (κ2) is 7.22. The summed E-state index contributed by atoms with van der Waals surface area (Å²) in [7, 11) is 1.53. The number of carbonyl (C=O) groups excluding carboxylic acids is 1. The average Bonchev–Trinajstić information content (AvgIpc) is 2.77. The molecule has 0 unspecified atom stereocenters. The molecule has 0 saturated heterocycles. The van der Waals surface area contributed by atoms with Gasteiger partial charge in [-0.1, -0.05) is 30.3 Å². The van der Waals surface area contributed by atoms with Gasteiger partial charge in [-0.05, 0) is 27.7 Å². The van der Waals surface area contributed by atoms with Crippen molar-refractivity contribution in [2.24, 2.45) is 0 Å². The zero-order valence-corrected chi connectivity index (χ0v) is 14.1. The molecule has 0 aliphatic carbocycles. The number of methoxy groups -OCH3 is 1. The van der Waals surface area contributed by atoms with Crippen molar-refractivity contribution in [3.05, 3.63) is 53.2 Å². The third kappa shape index (κ3) is 3.86. The van der Waals surface area contributed by atoms with Gasteiger partial charge >= 0.3 is 5.97 Å². The van der Waals surface area contributed by atoms with Gasteiger partial charge < -0.3 is 18.9 Å². The van der Waals surface area contributed by atoms with Crippen LogP contribution in [0, 0.1) is 0 Å². The van der Waals surface area contributed by atoms with E-state index in [0.29, 0.717) is 5.76 Å². The molecule has 0 fully saturated rings. The van der Waals surface area contributed by atoms with Crippen LogP contribution in [0.25, 0.3) is 5.76 Å². The lowest BCUT2D eigenvalue weighted by atomic mass is 10.1. The zero-order valence-electron chi connectivity index (χ0n) is 14.1. The van der Waals surface area contributed by atoms with Crippen molar-refractivity contribution in [3.63, 3.8) is 0 Å². The topological polar surface area (TPSA) is 54.0 Å². The third-order valence-electron chi connectivity index (χ3n) is 2.95. The van der Waals surface area contributed by atoms with Crippen molar-refractivity contribution in [1.29, 1.82) is 0 Å². The van der Waals surface area contributed by atoms with Crippen molar-refractivity contribution >= 4 is 11.7 Å². The molecule has 5 nitrogen and oxygen atoms in total. The van der Waals surface area contributed by atoms with Gasteiger partial charge in [-0.2, -0.15) is 0 Å². The third-order valence-corrected chi connectivity index (χ3v) is 2.95. The van der Waals surface area contributed by atoms with Crippen LogP contribution in [-0.2, 0) is 23.7 Å². The van der Waals surface area contributed by atoms with E-state index < -0.39 is 5.97 Å². The highest BCUT2D eigenvalue weighted by Crippen LogP contribution is 2.35. The minimum atomic E-state index is -0.574. The summed E-state index contributed by atoms with van der Waals surface area (Å²) in [4.78, 5) is 12.2. The molecule has 0 spiro atoms. The lowest BCUT2D eigenvalue weighted by Gasteiger charge is -2.15. The molecule has 124 valence electrons. The lowest BCUT2D eigenvalue weighted by Crippen LogP contribution is -2.11. The fraction of sp³-hybridized carbons (Fsp3) is 0.389. The van der Waals surface area contributed by atoms with E-state index in [-0.39, 0.29) is 29.5 Å². The molecule has 0 bridgehead atoms. The SMILES string of the molecule is CO/C(=C1\OC(=O)C(OC(C)C)=C1OC(C)C)c1ccccc1. The summed E-state index contributed by atoms with van der Waals surface area (Å²) < 4.78 is 22.2. The predicted molar refractivity (Wildman–Crippen MR) is 85.9 cm³/mol. The molecule has 0 N–H and O–H groups in total. The van der Waals surface area contributed by atoms with Crippen LogP contribution in [0.1, 0.15) is 33.3 Å². The van der Waals surface area contributed by atoms with Gasteiger partial charge in [0.15, 0.2) is 5.76 Å². The average molecular weight is 318 g/mol. The fourth-order valence-corrected chi connectivity index (χ4v) is 2.14. The lowest BCUT2D eigenvalue weighted by molar-refractivity contribution is -0.137. The molecule has 1 aromatic rings. The fourth-order valence-electron chi connectivity index (χ4n) is 2.14. The number of hydrogen-bond donors (Lipinski definition) is 0. The highest BCUT2D eigenvalue weighted by molar-refractivity contribution is 5.93. The Labute approximate surface area is 136 Å². The Hall–Kier alpha value is -2.43. The van der Waals surface area contributed by atoms with E-state index >= 15 is 0 Å². The van der Waals surface area contributed by atoms with Crippen molar-refractivity contribution < 1.29 is 23.7 Å². The van der Waals surface area contributed by atoms with E-state index in [4.69, 9.17) is 18.9 Å².